The van der Waals surface area contributed by atoms with Crippen molar-refractivity contribution in [1.82, 2.24) is 4.98 Å². The normalized spacial score (nSPS) is 22.6. The summed E-state index contributed by atoms with van der Waals surface area (Å²) in [4.78, 5) is 3.56. The smallest absolute Gasteiger partial charge is 0.369 e. The van der Waals surface area contributed by atoms with Crippen LogP contribution >= 0.6 is 0 Å². The number of pyridine rings is 1. The molecule has 21 heavy (non-hydrogen) atoms. The van der Waals surface area contributed by atoms with Crippen LogP contribution in [0.25, 0.3) is 0 Å². The lowest BCUT2D eigenvalue weighted by atomic mass is 9.83. The van der Waals surface area contributed by atoms with Gasteiger partial charge >= 0.3 is 6.18 Å². The number of hydrogen-bond donors (Lipinski definition) is 1. The molecule has 2 rings (SSSR count). The first-order valence-electron chi connectivity index (χ1n) is 7.12. The van der Waals surface area contributed by atoms with Gasteiger partial charge in [0.25, 0.3) is 0 Å². The van der Waals surface area contributed by atoms with Gasteiger partial charge in [0.2, 0.25) is 0 Å². The summed E-state index contributed by atoms with van der Waals surface area (Å²) in [7, 11) is 0. The van der Waals surface area contributed by atoms with E-state index in [-0.39, 0.29) is 11.4 Å². The van der Waals surface area contributed by atoms with Crippen molar-refractivity contribution < 1.29 is 13.2 Å². The molecule has 1 heterocycles. The molecule has 0 radical (unpaired) electrons. The summed E-state index contributed by atoms with van der Waals surface area (Å²) in [5, 5.41) is 11.9. The van der Waals surface area contributed by atoms with Gasteiger partial charge in [-0.05, 0) is 36.8 Å². The van der Waals surface area contributed by atoms with Gasteiger partial charge in [0.1, 0.15) is 17.6 Å². The standard InChI is InChI=1S/C15H18F3N3/c1-10-2-4-11(5-3-10)9-20-14-12(8-19)6-7-13(21-14)15(16,17)18/h6-7,10-11H,2-5,9H2,1H3,(H,20,21). The second kappa shape index (κ2) is 6.33. The molecule has 1 saturated carbocycles. The maximum Gasteiger partial charge on any atom is 0.433 e. The summed E-state index contributed by atoms with van der Waals surface area (Å²) < 4.78 is 38.0. The minimum Gasteiger partial charge on any atom is -0.369 e. The number of anilines is 1. The molecule has 1 aliphatic carbocycles. The fourth-order valence-electron chi connectivity index (χ4n) is 2.62. The number of nitrogens with zero attached hydrogens (tertiary/aromatic N) is 2. The fraction of sp³-hybridized carbons (Fsp3) is 0.600. The molecule has 6 heteroatoms. The molecule has 0 aromatic carbocycles. The summed E-state index contributed by atoms with van der Waals surface area (Å²) in [6.45, 7) is 2.78. The highest BCUT2D eigenvalue weighted by atomic mass is 19.4. The van der Waals surface area contributed by atoms with E-state index in [9.17, 15) is 13.2 Å². The van der Waals surface area contributed by atoms with E-state index in [0.29, 0.717) is 12.5 Å². The highest BCUT2D eigenvalue weighted by molar-refractivity contribution is 5.52. The lowest BCUT2D eigenvalue weighted by Crippen LogP contribution is -2.21. The molecule has 1 fully saturated rings. The number of rotatable bonds is 3. The molecule has 0 amide bonds. The van der Waals surface area contributed by atoms with Crippen molar-refractivity contribution in [3.05, 3.63) is 23.4 Å². The minimum absolute atomic E-state index is 0.0333. The lowest BCUT2D eigenvalue weighted by Gasteiger charge is -2.26. The van der Waals surface area contributed by atoms with Gasteiger partial charge < -0.3 is 5.32 Å². The molecule has 0 bridgehead atoms. The Labute approximate surface area is 122 Å². The van der Waals surface area contributed by atoms with E-state index in [2.05, 4.69) is 17.2 Å². The van der Waals surface area contributed by atoms with Gasteiger partial charge in [-0.3, -0.25) is 0 Å². The summed E-state index contributed by atoms with van der Waals surface area (Å²) in [5.41, 5.74) is -0.826. The van der Waals surface area contributed by atoms with E-state index in [1.165, 1.54) is 6.07 Å². The molecular formula is C15H18F3N3. The Kier molecular flexibility index (Phi) is 4.71. The van der Waals surface area contributed by atoms with E-state index in [1.54, 1.807) is 0 Å². The zero-order valence-electron chi connectivity index (χ0n) is 11.9. The third-order valence-corrected chi connectivity index (χ3v) is 4.00. The Bertz CT molecular complexity index is 526. The first-order valence-corrected chi connectivity index (χ1v) is 7.12. The Morgan fingerprint density at radius 2 is 1.95 bits per heavy atom. The van der Waals surface area contributed by atoms with Crippen LogP contribution in [0.5, 0.6) is 0 Å². The van der Waals surface area contributed by atoms with Crippen molar-refractivity contribution in [3.8, 4) is 6.07 Å². The molecule has 1 aromatic heterocycles. The van der Waals surface area contributed by atoms with Crippen LogP contribution in [0.4, 0.5) is 19.0 Å². The maximum atomic E-state index is 12.7. The van der Waals surface area contributed by atoms with Crippen molar-refractivity contribution in [2.45, 2.75) is 38.8 Å². The van der Waals surface area contributed by atoms with Gasteiger partial charge in [-0.2, -0.15) is 18.4 Å². The summed E-state index contributed by atoms with van der Waals surface area (Å²) in [5.74, 6) is 1.19. The van der Waals surface area contributed by atoms with Crippen LogP contribution in [-0.4, -0.2) is 11.5 Å². The van der Waals surface area contributed by atoms with Crippen LogP contribution in [0.15, 0.2) is 12.1 Å². The van der Waals surface area contributed by atoms with E-state index in [0.717, 1.165) is 37.7 Å². The van der Waals surface area contributed by atoms with Crippen LogP contribution in [0, 0.1) is 23.2 Å². The van der Waals surface area contributed by atoms with E-state index < -0.39 is 11.9 Å². The third-order valence-electron chi connectivity index (χ3n) is 4.00. The summed E-state index contributed by atoms with van der Waals surface area (Å²) in [6.07, 6.45) is -0.0737. The lowest BCUT2D eigenvalue weighted by molar-refractivity contribution is -0.141. The zero-order chi connectivity index (χ0) is 15.5. The molecule has 0 aliphatic heterocycles. The van der Waals surface area contributed by atoms with Crippen molar-refractivity contribution in [1.29, 1.82) is 5.26 Å². The molecule has 0 atom stereocenters. The minimum atomic E-state index is -4.50. The van der Waals surface area contributed by atoms with E-state index >= 15 is 0 Å². The van der Waals surface area contributed by atoms with Crippen LogP contribution < -0.4 is 5.32 Å². The molecule has 114 valence electrons. The Morgan fingerprint density at radius 1 is 1.29 bits per heavy atom. The highest BCUT2D eigenvalue weighted by Crippen LogP contribution is 2.31. The summed E-state index contributed by atoms with van der Waals surface area (Å²) in [6, 6.07) is 3.88. The molecule has 1 N–H and O–H groups in total. The first kappa shape index (κ1) is 15.6. The Hall–Kier alpha value is -1.77. The van der Waals surface area contributed by atoms with E-state index in [1.807, 2.05) is 6.07 Å². The molecule has 1 aromatic rings. The topological polar surface area (TPSA) is 48.7 Å². The number of hydrogen-bond acceptors (Lipinski definition) is 3. The van der Waals surface area contributed by atoms with Crippen LogP contribution in [0.3, 0.4) is 0 Å². The number of halogens is 3. The maximum absolute atomic E-state index is 12.7. The molecule has 0 saturated heterocycles. The van der Waals surface area contributed by atoms with Crippen LogP contribution in [0.1, 0.15) is 43.9 Å². The molecule has 0 spiro atoms. The summed E-state index contributed by atoms with van der Waals surface area (Å²) >= 11 is 0. The van der Waals surface area contributed by atoms with Gasteiger partial charge in [0.15, 0.2) is 0 Å². The van der Waals surface area contributed by atoms with Crippen molar-refractivity contribution in [2.75, 3.05) is 11.9 Å². The highest BCUT2D eigenvalue weighted by Gasteiger charge is 2.33. The quantitative estimate of drug-likeness (QED) is 0.909. The first-order chi connectivity index (χ1) is 9.90. The van der Waals surface area contributed by atoms with Crippen LogP contribution in [0.2, 0.25) is 0 Å². The predicted octanol–water partition coefficient (Wildman–Crippen LogP) is 4.21. The fourth-order valence-corrected chi connectivity index (χ4v) is 2.62. The van der Waals surface area contributed by atoms with Gasteiger partial charge in [-0.25, -0.2) is 4.98 Å². The van der Waals surface area contributed by atoms with Gasteiger partial charge in [0.05, 0.1) is 5.56 Å². The largest absolute Gasteiger partial charge is 0.433 e. The third kappa shape index (κ3) is 4.10. The number of alkyl halides is 3. The second-order valence-corrected chi connectivity index (χ2v) is 5.71. The monoisotopic (exact) mass is 297 g/mol. The predicted molar refractivity (Wildman–Crippen MR) is 73.6 cm³/mol. The van der Waals surface area contributed by atoms with Crippen molar-refractivity contribution >= 4 is 5.82 Å². The molecule has 1 aliphatic rings. The van der Waals surface area contributed by atoms with Gasteiger partial charge in [0, 0.05) is 6.54 Å². The van der Waals surface area contributed by atoms with Crippen molar-refractivity contribution in [2.24, 2.45) is 11.8 Å². The Balaban J connectivity index is 2.06. The average Bonchev–Trinajstić information content (AvgIpc) is 2.45. The van der Waals surface area contributed by atoms with Gasteiger partial charge in [-0.15, -0.1) is 0 Å². The van der Waals surface area contributed by atoms with Crippen LogP contribution in [-0.2, 0) is 6.18 Å². The van der Waals surface area contributed by atoms with Crippen molar-refractivity contribution in [3.63, 3.8) is 0 Å². The SMILES string of the molecule is CC1CCC(CNc2nc(C(F)(F)F)ccc2C#N)CC1. The average molecular weight is 297 g/mol. The number of nitriles is 1. The van der Waals surface area contributed by atoms with E-state index in [4.69, 9.17) is 5.26 Å². The molecular weight excluding hydrogens is 279 g/mol. The zero-order valence-corrected chi connectivity index (χ0v) is 11.9. The molecule has 3 nitrogen and oxygen atoms in total. The number of aromatic nitrogens is 1. The Morgan fingerprint density at radius 3 is 2.52 bits per heavy atom. The molecule has 0 unspecified atom stereocenters. The number of nitrogens with one attached hydrogen (secondary N) is 1. The van der Waals surface area contributed by atoms with Gasteiger partial charge in [-0.1, -0.05) is 19.8 Å². The second-order valence-electron chi connectivity index (χ2n) is 5.71.